The van der Waals surface area contributed by atoms with E-state index in [1.54, 1.807) is 31.2 Å². The molecule has 6 heteroatoms. The second kappa shape index (κ2) is 6.60. The molecule has 0 radical (unpaired) electrons. The second-order valence-corrected chi connectivity index (χ2v) is 6.29. The third-order valence-corrected chi connectivity index (χ3v) is 4.64. The summed E-state index contributed by atoms with van der Waals surface area (Å²) in [6, 6.07) is 14.3. The highest BCUT2D eigenvalue weighted by Crippen LogP contribution is 2.22. The maximum Gasteiger partial charge on any atom is 0.242 e. The average molecular weight is 305 g/mol. The number of rotatable bonds is 6. The molecule has 0 saturated carbocycles. The van der Waals surface area contributed by atoms with E-state index in [2.05, 4.69) is 10.0 Å². The highest BCUT2D eigenvalue weighted by molar-refractivity contribution is 7.89. The van der Waals surface area contributed by atoms with Gasteiger partial charge in [0, 0.05) is 18.8 Å². The van der Waals surface area contributed by atoms with Crippen LogP contribution >= 0.6 is 0 Å². The van der Waals surface area contributed by atoms with Gasteiger partial charge in [0.25, 0.3) is 0 Å². The standard InChI is InChI=1S/C15H19N3O2S/c1-2-18-21(19,20)15-10-6-5-9-14(15)17-11-12-7-3-4-8-13(12)16/h3-10,17-18H,2,11,16H2,1H3. The number of hydrogen-bond acceptors (Lipinski definition) is 4. The number of anilines is 2. The van der Waals surface area contributed by atoms with Gasteiger partial charge in [-0.1, -0.05) is 37.3 Å². The van der Waals surface area contributed by atoms with Crippen molar-refractivity contribution in [1.29, 1.82) is 0 Å². The molecule has 0 spiro atoms. The summed E-state index contributed by atoms with van der Waals surface area (Å²) >= 11 is 0. The molecule has 5 nitrogen and oxygen atoms in total. The normalized spacial score (nSPS) is 11.3. The summed E-state index contributed by atoms with van der Waals surface area (Å²) in [5.74, 6) is 0. The number of benzene rings is 2. The molecule has 0 amide bonds. The van der Waals surface area contributed by atoms with Crippen molar-refractivity contribution in [1.82, 2.24) is 4.72 Å². The largest absolute Gasteiger partial charge is 0.398 e. The molecule has 2 aromatic carbocycles. The molecule has 2 aromatic rings. The molecule has 0 atom stereocenters. The summed E-state index contributed by atoms with van der Waals surface area (Å²) in [6.07, 6.45) is 0. The molecule has 0 unspecified atom stereocenters. The van der Waals surface area contributed by atoms with E-state index < -0.39 is 10.0 Å². The maximum atomic E-state index is 12.2. The zero-order valence-electron chi connectivity index (χ0n) is 11.8. The minimum Gasteiger partial charge on any atom is -0.398 e. The molecule has 4 N–H and O–H groups in total. The molecule has 0 bridgehead atoms. The molecule has 0 aliphatic rings. The lowest BCUT2D eigenvalue weighted by Gasteiger charge is -2.13. The summed E-state index contributed by atoms with van der Waals surface area (Å²) < 4.78 is 26.8. The minimum absolute atomic E-state index is 0.237. The molecule has 0 aliphatic carbocycles. The topological polar surface area (TPSA) is 84.2 Å². The number of nitrogens with two attached hydrogens (primary N) is 1. The smallest absolute Gasteiger partial charge is 0.242 e. The monoisotopic (exact) mass is 305 g/mol. The van der Waals surface area contributed by atoms with Crippen molar-refractivity contribution in [2.24, 2.45) is 0 Å². The van der Waals surface area contributed by atoms with Gasteiger partial charge in [-0.3, -0.25) is 0 Å². The van der Waals surface area contributed by atoms with Crippen molar-refractivity contribution >= 4 is 21.4 Å². The summed E-state index contributed by atoms with van der Waals surface area (Å²) in [5, 5.41) is 3.14. The summed E-state index contributed by atoms with van der Waals surface area (Å²) in [6.45, 7) is 2.56. The Kier molecular flexibility index (Phi) is 4.82. The molecular weight excluding hydrogens is 286 g/mol. The van der Waals surface area contributed by atoms with Gasteiger partial charge >= 0.3 is 0 Å². The molecule has 0 aliphatic heterocycles. The Balaban J connectivity index is 2.24. The van der Waals surface area contributed by atoms with E-state index in [1.807, 2.05) is 24.3 Å². The van der Waals surface area contributed by atoms with Gasteiger partial charge in [-0.05, 0) is 23.8 Å². The van der Waals surface area contributed by atoms with Crippen molar-refractivity contribution in [3.63, 3.8) is 0 Å². The zero-order chi connectivity index (χ0) is 15.3. The van der Waals surface area contributed by atoms with Gasteiger partial charge in [-0.2, -0.15) is 0 Å². The van der Waals surface area contributed by atoms with Crippen LogP contribution in [0.3, 0.4) is 0 Å². The van der Waals surface area contributed by atoms with Crippen LogP contribution in [0.1, 0.15) is 12.5 Å². The lowest BCUT2D eigenvalue weighted by atomic mass is 10.2. The number of nitrogen functional groups attached to an aromatic ring is 1. The number of hydrogen-bond donors (Lipinski definition) is 3. The first-order chi connectivity index (χ1) is 10.0. The predicted octanol–water partition coefficient (Wildman–Crippen LogP) is 2.18. The first kappa shape index (κ1) is 15.3. The average Bonchev–Trinajstić information content (AvgIpc) is 2.47. The molecule has 0 fully saturated rings. The van der Waals surface area contributed by atoms with Crippen LogP contribution in [0.5, 0.6) is 0 Å². The van der Waals surface area contributed by atoms with Crippen LogP contribution in [-0.2, 0) is 16.6 Å². The molecular formula is C15H19N3O2S. The quantitative estimate of drug-likeness (QED) is 0.714. The number of para-hydroxylation sites is 2. The Hall–Kier alpha value is -2.05. The molecule has 0 heterocycles. The van der Waals surface area contributed by atoms with Crippen LogP contribution in [0, 0.1) is 0 Å². The molecule has 2 rings (SSSR count). The Morgan fingerprint density at radius 2 is 1.71 bits per heavy atom. The van der Waals surface area contributed by atoms with Crippen LogP contribution in [0.4, 0.5) is 11.4 Å². The van der Waals surface area contributed by atoms with Gasteiger partial charge < -0.3 is 11.1 Å². The Morgan fingerprint density at radius 1 is 1.05 bits per heavy atom. The van der Waals surface area contributed by atoms with E-state index in [0.29, 0.717) is 24.5 Å². The van der Waals surface area contributed by atoms with Gasteiger partial charge in [0.15, 0.2) is 0 Å². The van der Waals surface area contributed by atoms with Gasteiger partial charge in [-0.15, -0.1) is 0 Å². The van der Waals surface area contributed by atoms with E-state index in [1.165, 1.54) is 0 Å². The summed E-state index contributed by atoms with van der Waals surface area (Å²) in [5.41, 5.74) is 8.04. The third-order valence-electron chi connectivity index (χ3n) is 3.04. The van der Waals surface area contributed by atoms with Gasteiger partial charge in [0.05, 0.1) is 5.69 Å². The predicted molar refractivity (Wildman–Crippen MR) is 85.5 cm³/mol. The minimum atomic E-state index is -3.50. The highest BCUT2D eigenvalue weighted by Gasteiger charge is 2.16. The van der Waals surface area contributed by atoms with Gasteiger partial charge in [-0.25, -0.2) is 13.1 Å². The maximum absolute atomic E-state index is 12.2. The van der Waals surface area contributed by atoms with Crippen molar-refractivity contribution < 1.29 is 8.42 Å². The molecule has 0 aromatic heterocycles. The first-order valence-corrected chi connectivity index (χ1v) is 8.19. The van der Waals surface area contributed by atoms with Crippen molar-refractivity contribution in [3.05, 3.63) is 54.1 Å². The molecule has 21 heavy (non-hydrogen) atoms. The fourth-order valence-corrected chi connectivity index (χ4v) is 3.22. The van der Waals surface area contributed by atoms with Crippen LogP contribution in [0.25, 0.3) is 0 Å². The lowest BCUT2D eigenvalue weighted by Crippen LogP contribution is -2.24. The summed E-state index contributed by atoms with van der Waals surface area (Å²) in [4.78, 5) is 0.237. The third kappa shape index (κ3) is 3.74. The Bertz CT molecular complexity index is 714. The van der Waals surface area contributed by atoms with Crippen LogP contribution in [0.15, 0.2) is 53.4 Å². The van der Waals surface area contributed by atoms with Crippen molar-refractivity contribution in [3.8, 4) is 0 Å². The zero-order valence-corrected chi connectivity index (χ0v) is 12.7. The number of sulfonamides is 1. The Labute approximate surface area is 125 Å². The van der Waals surface area contributed by atoms with Gasteiger partial charge in [0.1, 0.15) is 4.90 Å². The fraction of sp³-hybridized carbons (Fsp3) is 0.200. The van der Waals surface area contributed by atoms with E-state index >= 15 is 0 Å². The first-order valence-electron chi connectivity index (χ1n) is 6.70. The highest BCUT2D eigenvalue weighted by atomic mass is 32.2. The summed E-state index contributed by atoms with van der Waals surface area (Å²) in [7, 11) is -3.50. The number of nitrogens with one attached hydrogen (secondary N) is 2. The SMILES string of the molecule is CCNS(=O)(=O)c1ccccc1NCc1ccccc1N. The van der Waals surface area contributed by atoms with Crippen molar-refractivity contribution in [2.45, 2.75) is 18.4 Å². The fourth-order valence-electron chi connectivity index (χ4n) is 2.00. The Morgan fingerprint density at radius 3 is 2.43 bits per heavy atom. The van der Waals surface area contributed by atoms with E-state index in [9.17, 15) is 8.42 Å². The molecule has 0 saturated heterocycles. The second-order valence-electron chi connectivity index (χ2n) is 4.55. The molecule has 112 valence electrons. The van der Waals surface area contributed by atoms with Crippen LogP contribution in [0.2, 0.25) is 0 Å². The van der Waals surface area contributed by atoms with E-state index in [0.717, 1.165) is 5.56 Å². The van der Waals surface area contributed by atoms with Crippen LogP contribution in [-0.4, -0.2) is 15.0 Å². The lowest BCUT2D eigenvalue weighted by molar-refractivity contribution is 0.584. The van der Waals surface area contributed by atoms with E-state index in [-0.39, 0.29) is 4.90 Å². The van der Waals surface area contributed by atoms with Crippen LogP contribution < -0.4 is 15.8 Å². The van der Waals surface area contributed by atoms with E-state index in [4.69, 9.17) is 5.73 Å². The van der Waals surface area contributed by atoms with Gasteiger partial charge in [0.2, 0.25) is 10.0 Å². The van der Waals surface area contributed by atoms with Crippen molar-refractivity contribution in [2.75, 3.05) is 17.6 Å².